The number of amides is 2. The van der Waals surface area contributed by atoms with Gasteiger partial charge in [0.05, 0.1) is 5.41 Å². The summed E-state index contributed by atoms with van der Waals surface area (Å²) in [7, 11) is 0. The third kappa shape index (κ3) is 4.07. The Labute approximate surface area is 187 Å². The van der Waals surface area contributed by atoms with Crippen LogP contribution in [-0.2, 0) is 14.3 Å². The number of alkyl carbamates (subject to hydrolysis) is 1. The van der Waals surface area contributed by atoms with Crippen molar-refractivity contribution in [1.82, 2.24) is 10.2 Å². The molecule has 1 unspecified atom stereocenters. The normalized spacial score (nSPS) is 20.8. The van der Waals surface area contributed by atoms with Gasteiger partial charge in [-0.2, -0.15) is 0 Å². The topological polar surface area (TPSA) is 95.9 Å². The van der Waals surface area contributed by atoms with E-state index in [1.165, 1.54) is 4.90 Å². The molecule has 2 atom stereocenters. The van der Waals surface area contributed by atoms with E-state index in [4.69, 9.17) is 4.74 Å². The van der Waals surface area contributed by atoms with Crippen LogP contribution in [0.5, 0.6) is 0 Å². The molecule has 1 fully saturated rings. The Hall–Kier alpha value is -3.35. The van der Waals surface area contributed by atoms with Crippen molar-refractivity contribution in [2.24, 2.45) is 5.41 Å². The number of nitrogens with zero attached hydrogens (tertiary/aromatic N) is 1. The predicted molar refractivity (Wildman–Crippen MR) is 119 cm³/mol. The summed E-state index contributed by atoms with van der Waals surface area (Å²) >= 11 is 0. The smallest absolute Gasteiger partial charge is 0.407 e. The molecule has 2 aromatic rings. The summed E-state index contributed by atoms with van der Waals surface area (Å²) in [6.07, 6.45) is 0.484. The number of likely N-dealkylation sites (tertiary alicyclic amines) is 1. The summed E-state index contributed by atoms with van der Waals surface area (Å²) in [6.45, 7) is 4.03. The van der Waals surface area contributed by atoms with E-state index in [2.05, 4.69) is 17.4 Å². The SMILES string of the molecule is C[C@@H](NC(=O)OCC1c2ccccc2-c2ccccc21)C(=O)N1CCCC(C)(C(=O)O)C1. The van der Waals surface area contributed by atoms with Crippen LogP contribution in [0.4, 0.5) is 4.79 Å². The molecular formula is C25H28N2O5. The van der Waals surface area contributed by atoms with E-state index in [-0.39, 0.29) is 25.0 Å². The molecule has 2 aromatic carbocycles. The lowest BCUT2D eigenvalue weighted by Gasteiger charge is -2.38. The van der Waals surface area contributed by atoms with Crippen molar-refractivity contribution in [3.05, 3.63) is 59.7 Å². The second-order valence-corrected chi connectivity index (χ2v) is 8.92. The van der Waals surface area contributed by atoms with E-state index in [1.807, 2.05) is 36.4 Å². The van der Waals surface area contributed by atoms with Gasteiger partial charge in [0, 0.05) is 19.0 Å². The lowest BCUT2D eigenvalue weighted by atomic mass is 9.82. The maximum atomic E-state index is 12.8. The molecule has 1 saturated heterocycles. The first-order valence-corrected chi connectivity index (χ1v) is 10.9. The van der Waals surface area contributed by atoms with Crippen molar-refractivity contribution < 1.29 is 24.2 Å². The summed E-state index contributed by atoms with van der Waals surface area (Å²) in [5.41, 5.74) is 3.57. The number of ether oxygens (including phenoxy) is 1. The van der Waals surface area contributed by atoms with Gasteiger partial charge in [0.1, 0.15) is 12.6 Å². The van der Waals surface area contributed by atoms with E-state index in [0.29, 0.717) is 19.4 Å². The van der Waals surface area contributed by atoms with Crippen LogP contribution < -0.4 is 5.32 Å². The van der Waals surface area contributed by atoms with Gasteiger partial charge in [-0.15, -0.1) is 0 Å². The fourth-order valence-electron chi connectivity index (χ4n) is 4.75. The molecule has 4 rings (SSSR count). The van der Waals surface area contributed by atoms with E-state index in [0.717, 1.165) is 22.3 Å². The first-order chi connectivity index (χ1) is 15.3. The molecule has 2 amide bonds. The highest BCUT2D eigenvalue weighted by molar-refractivity contribution is 5.86. The Bertz CT molecular complexity index is 1010. The molecule has 0 radical (unpaired) electrons. The van der Waals surface area contributed by atoms with Crippen molar-refractivity contribution in [1.29, 1.82) is 0 Å². The number of carbonyl (C=O) groups excluding carboxylic acids is 2. The highest BCUT2D eigenvalue weighted by atomic mass is 16.5. The van der Waals surface area contributed by atoms with Crippen molar-refractivity contribution in [3.8, 4) is 11.1 Å². The van der Waals surface area contributed by atoms with Crippen LogP contribution in [0.2, 0.25) is 0 Å². The average Bonchev–Trinajstić information content (AvgIpc) is 3.11. The lowest BCUT2D eigenvalue weighted by Crippen LogP contribution is -2.54. The summed E-state index contributed by atoms with van der Waals surface area (Å²) in [5, 5.41) is 12.1. The zero-order valence-corrected chi connectivity index (χ0v) is 18.3. The predicted octanol–water partition coefficient (Wildman–Crippen LogP) is 3.63. The largest absolute Gasteiger partial charge is 0.481 e. The molecule has 1 heterocycles. The number of fused-ring (bicyclic) bond motifs is 3. The number of carbonyl (C=O) groups is 3. The standard InChI is InChI=1S/C25H28N2O5/c1-16(22(28)27-13-7-12-25(2,15-27)23(29)30)26-24(31)32-14-21-19-10-5-3-8-17(19)18-9-4-6-11-20(18)21/h3-6,8-11,16,21H,7,12-15H2,1-2H3,(H,26,31)(H,29,30)/t16-,25?/m1/s1. The average molecular weight is 437 g/mol. The van der Waals surface area contributed by atoms with Crippen LogP contribution in [0.15, 0.2) is 48.5 Å². The third-order valence-electron chi connectivity index (χ3n) is 6.57. The van der Waals surface area contributed by atoms with E-state index >= 15 is 0 Å². The van der Waals surface area contributed by atoms with Crippen molar-refractivity contribution in [2.45, 2.75) is 38.6 Å². The monoisotopic (exact) mass is 436 g/mol. The Morgan fingerprint density at radius 2 is 1.72 bits per heavy atom. The maximum absolute atomic E-state index is 12.8. The molecule has 168 valence electrons. The number of hydrogen-bond donors (Lipinski definition) is 2. The van der Waals surface area contributed by atoms with Crippen LogP contribution >= 0.6 is 0 Å². The fraction of sp³-hybridized carbons (Fsp3) is 0.400. The van der Waals surface area contributed by atoms with Crippen molar-refractivity contribution in [2.75, 3.05) is 19.7 Å². The molecule has 7 nitrogen and oxygen atoms in total. The zero-order chi connectivity index (χ0) is 22.9. The molecule has 0 aromatic heterocycles. The van der Waals surface area contributed by atoms with E-state index in [9.17, 15) is 19.5 Å². The second kappa shape index (κ2) is 8.65. The van der Waals surface area contributed by atoms with Crippen LogP contribution in [-0.4, -0.2) is 53.7 Å². The lowest BCUT2D eigenvalue weighted by molar-refractivity contribution is -0.153. The number of piperidine rings is 1. The zero-order valence-electron chi connectivity index (χ0n) is 18.3. The van der Waals surface area contributed by atoms with Gasteiger partial charge >= 0.3 is 12.1 Å². The van der Waals surface area contributed by atoms with Gasteiger partial charge in [0.25, 0.3) is 0 Å². The minimum atomic E-state index is -0.961. The minimum absolute atomic E-state index is 0.0578. The number of aliphatic carboxylic acids is 1. The third-order valence-corrected chi connectivity index (χ3v) is 6.57. The maximum Gasteiger partial charge on any atom is 0.407 e. The molecular weight excluding hydrogens is 408 g/mol. The summed E-state index contributed by atoms with van der Waals surface area (Å²) in [6, 6.07) is 15.4. The summed E-state index contributed by atoms with van der Waals surface area (Å²) in [4.78, 5) is 38.3. The number of carboxylic acids is 1. The van der Waals surface area contributed by atoms with Gasteiger partial charge in [0.15, 0.2) is 0 Å². The quantitative estimate of drug-likeness (QED) is 0.746. The number of hydrogen-bond acceptors (Lipinski definition) is 4. The van der Waals surface area contributed by atoms with Crippen molar-refractivity contribution >= 4 is 18.0 Å². The second-order valence-electron chi connectivity index (χ2n) is 8.92. The van der Waals surface area contributed by atoms with E-state index < -0.39 is 23.5 Å². The number of benzene rings is 2. The molecule has 1 aliphatic heterocycles. The van der Waals surface area contributed by atoms with Gasteiger partial charge in [-0.25, -0.2) is 4.79 Å². The molecule has 2 aliphatic rings. The van der Waals surface area contributed by atoms with Crippen molar-refractivity contribution in [3.63, 3.8) is 0 Å². The van der Waals surface area contributed by atoms with Crippen LogP contribution in [0, 0.1) is 5.41 Å². The molecule has 7 heteroatoms. The van der Waals surface area contributed by atoms with Crippen LogP contribution in [0.3, 0.4) is 0 Å². The molecule has 0 spiro atoms. The summed E-state index contributed by atoms with van der Waals surface area (Å²) in [5.74, 6) is -1.27. The Morgan fingerprint density at radius 1 is 1.12 bits per heavy atom. The number of rotatable bonds is 5. The molecule has 0 bridgehead atoms. The highest BCUT2D eigenvalue weighted by Crippen LogP contribution is 2.44. The van der Waals surface area contributed by atoms with Gasteiger partial charge in [-0.3, -0.25) is 9.59 Å². The van der Waals surface area contributed by atoms with Crippen LogP contribution in [0.1, 0.15) is 43.7 Å². The summed E-state index contributed by atoms with van der Waals surface area (Å²) < 4.78 is 5.51. The minimum Gasteiger partial charge on any atom is -0.481 e. The molecule has 1 aliphatic carbocycles. The van der Waals surface area contributed by atoms with Gasteiger partial charge in [0.2, 0.25) is 5.91 Å². The fourth-order valence-corrected chi connectivity index (χ4v) is 4.75. The Balaban J connectivity index is 1.36. The Morgan fingerprint density at radius 3 is 2.31 bits per heavy atom. The van der Waals surface area contributed by atoms with Gasteiger partial charge in [-0.05, 0) is 48.9 Å². The van der Waals surface area contributed by atoms with E-state index in [1.54, 1.807) is 13.8 Å². The van der Waals surface area contributed by atoms with Gasteiger partial charge < -0.3 is 20.1 Å². The molecule has 0 saturated carbocycles. The number of carboxylic acid groups (broad SMARTS) is 1. The first kappa shape index (κ1) is 21.9. The highest BCUT2D eigenvalue weighted by Gasteiger charge is 2.40. The van der Waals surface area contributed by atoms with Crippen LogP contribution in [0.25, 0.3) is 11.1 Å². The number of nitrogens with one attached hydrogen (secondary N) is 1. The molecule has 32 heavy (non-hydrogen) atoms. The first-order valence-electron chi connectivity index (χ1n) is 10.9. The van der Waals surface area contributed by atoms with Gasteiger partial charge in [-0.1, -0.05) is 48.5 Å². The Kier molecular flexibility index (Phi) is 5.91. The molecule has 2 N–H and O–H groups in total.